The summed E-state index contributed by atoms with van der Waals surface area (Å²) < 4.78 is 22.3. The van der Waals surface area contributed by atoms with Crippen LogP contribution in [-0.2, 0) is 23.7 Å². The number of hydrogen-bond acceptors (Lipinski definition) is 14. The zero-order valence-electron chi connectivity index (χ0n) is 19.6. The first kappa shape index (κ1) is 25.9. The van der Waals surface area contributed by atoms with Crippen molar-refractivity contribution < 1.29 is 69.4 Å². The molecule has 3 saturated carbocycles. The molecule has 10 atom stereocenters. The van der Waals surface area contributed by atoms with Crippen molar-refractivity contribution in [3.63, 3.8) is 0 Å². The number of carbonyl (C=O) groups is 2. The van der Waals surface area contributed by atoms with E-state index in [4.69, 9.17) is 18.9 Å². The Kier molecular flexibility index (Phi) is 5.88. The molecule has 1 aromatic carbocycles. The summed E-state index contributed by atoms with van der Waals surface area (Å²) in [5.74, 6) is -4.89. The van der Waals surface area contributed by atoms with Crippen molar-refractivity contribution in [3.8, 4) is 17.2 Å². The molecule has 0 spiro atoms. The highest BCUT2D eigenvalue weighted by Gasteiger charge is 2.88. The van der Waals surface area contributed by atoms with Crippen molar-refractivity contribution in [1.29, 1.82) is 0 Å². The average molecular weight is 528 g/mol. The molecule has 8 N–H and O–H groups in total. The highest BCUT2D eigenvalue weighted by atomic mass is 16.7. The van der Waals surface area contributed by atoms with Crippen LogP contribution in [0, 0.1) is 11.3 Å². The van der Waals surface area contributed by atoms with Gasteiger partial charge < -0.3 is 59.8 Å². The van der Waals surface area contributed by atoms with Crippen molar-refractivity contribution >= 4 is 11.9 Å². The molecule has 0 amide bonds. The molecule has 6 rings (SSSR count). The van der Waals surface area contributed by atoms with Crippen LogP contribution in [0.3, 0.4) is 0 Å². The van der Waals surface area contributed by atoms with Crippen LogP contribution < -0.4 is 0 Å². The van der Waals surface area contributed by atoms with Crippen molar-refractivity contribution in [2.45, 2.75) is 67.8 Å². The van der Waals surface area contributed by atoms with Gasteiger partial charge in [0.05, 0.1) is 18.3 Å². The molecule has 14 nitrogen and oxygen atoms in total. The predicted octanol–water partition coefficient (Wildman–Crippen LogP) is -2.40. The van der Waals surface area contributed by atoms with Crippen LogP contribution in [-0.4, -0.2) is 114 Å². The summed E-state index contributed by atoms with van der Waals surface area (Å²) in [5, 5.41) is 80.7. The lowest BCUT2D eigenvalue weighted by Gasteiger charge is -2.66. The molecule has 5 fully saturated rings. The first-order chi connectivity index (χ1) is 17.3. The second-order valence-electron chi connectivity index (χ2n) is 10.3. The molecule has 1 aromatic rings. The molecule has 2 aliphatic heterocycles. The number of ether oxygens (including phenoxy) is 4. The standard InChI is InChI=1S/C23H28O14/c1-21-5-12(27)9-4-23(21,22(9,7-24)20(33)37-21)36-19-17(31)16(30)15(29)13(35-19)6-34-18(32)8-2-10(25)14(28)11(26)3-8/h2-3,9,12-13,15-17,19,24-31H,4-7H2,1H3/t9-,12-,13-,15-,16+,17-,19+,21+,22+,23-/m1/s1. The van der Waals surface area contributed by atoms with Gasteiger partial charge in [0.1, 0.15) is 47.6 Å². The van der Waals surface area contributed by atoms with E-state index in [1.165, 1.54) is 6.92 Å². The summed E-state index contributed by atoms with van der Waals surface area (Å²) in [6.45, 7) is 0.159. The Morgan fingerprint density at radius 3 is 2.32 bits per heavy atom. The first-order valence-corrected chi connectivity index (χ1v) is 11.6. The number of phenols is 3. The molecule has 37 heavy (non-hydrogen) atoms. The van der Waals surface area contributed by atoms with Crippen molar-refractivity contribution in [1.82, 2.24) is 0 Å². The molecule has 14 heteroatoms. The van der Waals surface area contributed by atoms with E-state index in [-0.39, 0.29) is 18.4 Å². The second-order valence-corrected chi connectivity index (χ2v) is 10.3. The molecule has 0 aromatic heterocycles. The van der Waals surface area contributed by atoms with Crippen LogP contribution in [0.4, 0.5) is 0 Å². The molecular weight excluding hydrogens is 500 g/mol. The molecule has 3 aliphatic carbocycles. The van der Waals surface area contributed by atoms with E-state index in [1.807, 2.05) is 0 Å². The van der Waals surface area contributed by atoms with Crippen molar-refractivity contribution in [3.05, 3.63) is 17.7 Å². The highest BCUT2D eigenvalue weighted by molar-refractivity contribution is 5.91. The van der Waals surface area contributed by atoms with E-state index in [0.717, 1.165) is 12.1 Å². The first-order valence-electron chi connectivity index (χ1n) is 11.6. The van der Waals surface area contributed by atoms with Gasteiger partial charge in [-0.1, -0.05) is 0 Å². The summed E-state index contributed by atoms with van der Waals surface area (Å²) in [4.78, 5) is 25.2. The zero-order valence-corrected chi connectivity index (χ0v) is 19.6. The van der Waals surface area contributed by atoms with Gasteiger partial charge in [0.15, 0.2) is 23.5 Å². The van der Waals surface area contributed by atoms with E-state index in [0.29, 0.717) is 0 Å². The van der Waals surface area contributed by atoms with Gasteiger partial charge in [-0.05, 0) is 25.5 Å². The van der Waals surface area contributed by atoms with Gasteiger partial charge in [0, 0.05) is 12.3 Å². The Hall–Kier alpha value is -2.72. The SMILES string of the molecule is C[C@]12C[C@@H](O)[C@H]3C[C@]1(O[C@@H]1O[C@H](COC(=O)c4cc(O)c(O)c(O)c4)[C@@H](O)[C@H](O)[C@H]1O)[C@]3(CO)C(=O)O2. The van der Waals surface area contributed by atoms with E-state index in [2.05, 4.69) is 0 Å². The summed E-state index contributed by atoms with van der Waals surface area (Å²) in [6, 6.07) is 1.68. The lowest BCUT2D eigenvalue weighted by atomic mass is 9.41. The topological polar surface area (TPSA) is 233 Å². The van der Waals surface area contributed by atoms with E-state index < -0.39 is 102 Å². The third kappa shape index (κ3) is 3.30. The van der Waals surface area contributed by atoms with Gasteiger partial charge in [0.25, 0.3) is 0 Å². The number of aliphatic hydroxyl groups is 5. The lowest BCUT2D eigenvalue weighted by Crippen LogP contribution is -2.80. The zero-order chi connectivity index (χ0) is 27.1. The van der Waals surface area contributed by atoms with Crippen LogP contribution >= 0.6 is 0 Å². The molecule has 2 heterocycles. The van der Waals surface area contributed by atoms with E-state index >= 15 is 0 Å². The molecule has 5 aliphatic rings. The second kappa shape index (κ2) is 8.39. The largest absolute Gasteiger partial charge is 0.504 e. The average Bonchev–Trinajstić information content (AvgIpc) is 2.90. The third-order valence-corrected chi connectivity index (χ3v) is 8.38. The van der Waals surface area contributed by atoms with Gasteiger partial charge >= 0.3 is 11.9 Å². The highest BCUT2D eigenvalue weighted by Crippen LogP contribution is 2.73. The normalized spacial score (nSPS) is 44.2. The summed E-state index contributed by atoms with van der Waals surface area (Å²) >= 11 is 0. The minimum atomic E-state index is -1.82. The fraction of sp³-hybridized carbons (Fsp3) is 0.652. The Bertz CT molecular complexity index is 1100. The smallest absolute Gasteiger partial charge is 0.338 e. The van der Waals surface area contributed by atoms with Crippen LogP contribution in [0.25, 0.3) is 0 Å². The molecular formula is C23H28O14. The monoisotopic (exact) mass is 528 g/mol. The van der Waals surface area contributed by atoms with Gasteiger partial charge in [-0.25, -0.2) is 4.79 Å². The summed E-state index contributed by atoms with van der Waals surface area (Å²) in [5.41, 5.74) is -4.84. The summed E-state index contributed by atoms with van der Waals surface area (Å²) in [7, 11) is 0. The van der Waals surface area contributed by atoms with Crippen LogP contribution in [0.15, 0.2) is 12.1 Å². The minimum absolute atomic E-state index is 0.00646. The minimum Gasteiger partial charge on any atom is -0.504 e. The number of carbonyl (C=O) groups excluding carboxylic acids is 2. The van der Waals surface area contributed by atoms with Crippen molar-refractivity contribution in [2.75, 3.05) is 13.2 Å². The number of aliphatic hydroxyl groups excluding tert-OH is 5. The molecule has 204 valence electrons. The van der Waals surface area contributed by atoms with Gasteiger partial charge in [-0.15, -0.1) is 0 Å². The molecule has 0 unspecified atom stereocenters. The van der Waals surface area contributed by atoms with Crippen LogP contribution in [0.5, 0.6) is 17.2 Å². The molecule has 2 saturated heterocycles. The number of benzene rings is 1. The van der Waals surface area contributed by atoms with Crippen LogP contribution in [0.1, 0.15) is 30.1 Å². The van der Waals surface area contributed by atoms with E-state index in [9.17, 15) is 50.4 Å². The molecule has 0 radical (unpaired) electrons. The fourth-order valence-electron chi connectivity index (χ4n) is 6.33. The Morgan fingerprint density at radius 2 is 1.70 bits per heavy atom. The number of phenolic OH excluding ortho intramolecular Hbond substituents is 3. The van der Waals surface area contributed by atoms with Gasteiger partial charge in [-0.3, -0.25) is 4.79 Å². The number of fused-ring (bicyclic) bond motifs is 1. The Morgan fingerprint density at radius 1 is 1.05 bits per heavy atom. The Labute approximate surface area is 209 Å². The van der Waals surface area contributed by atoms with Gasteiger partial charge in [0.2, 0.25) is 0 Å². The number of rotatable bonds is 6. The Balaban J connectivity index is 1.34. The lowest BCUT2D eigenvalue weighted by molar-refractivity contribution is -0.394. The maximum atomic E-state index is 12.8. The van der Waals surface area contributed by atoms with Crippen LogP contribution in [0.2, 0.25) is 0 Å². The quantitative estimate of drug-likeness (QED) is 0.142. The maximum Gasteiger partial charge on any atom is 0.338 e. The molecule has 4 bridgehead atoms. The summed E-state index contributed by atoms with van der Waals surface area (Å²) in [6.07, 6.45) is -9.28. The van der Waals surface area contributed by atoms with E-state index in [1.54, 1.807) is 0 Å². The van der Waals surface area contributed by atoms with Gasteiger partial charge in [-0.2, -0.15) is 0 Å². The number of aromatic hydroxyl groups is 3. The maximum absolute atomic E-state index is 12.8. The fourth-order valence-corrected chi connectivity index (χ4v) is 6.33. The third-order valence-electron chi connectivity index (χ3n) is 8.38. The van der Waals surface area contributed by atoms with Crippen molar-refractivity contribution in [2.24, 2.45) is 11.3 Å². The number of hydrogen-bond donors (Lipinski definition) is 8. The predicted molar refractivity (Wildman–Crippen MR) is 115 cm³/mol. The number of esters is 2.